The number of rotatable bonds is 5. The van der Waals surface area contributed by atoms with Gasteiger partial charge in [-0.2, -0.15) is 0 Å². The molecule has 0 atom stereocenters. The molecule has 2 aromatic heterocycles. The van der Waals surface area contributed by atoms with E-state index in [9.17, 15) is 4.79 Å². The molecule has 0 bridgehead atoms. The molecule has 0 aliphatic rings. The van der Waals surface area contributed by atoms with Gasteiger partial charge in [0.25, 0.3) is 5.56 Å². The SMILES string of the molecule is CCC=C(CCC)c1c(OC)ccc2[nH]c(=O)c3sccc3c12. The van der Waals surface area contributed by atoms with Crippen LogP contribution < -0.4 is 10.3 Å². The van der Waals surface area contributed by atoms with E-state index in [1.165, 1.54) is 16.9 Å². The summed E-state index contributed by atoms with van der Waals surface area (Å²) in [6, 6.07) is 5.92. The van der Waals surface area contributed by atoms with Gasteiger partial charge in [0.15, 0.2) is 0 Å². The summed E-state index contributed by atoms with van der Waals surface area (Å²) < 4.78 is 6.43. The van der Waals surface area contributed by atoms with Crippen molar-refractivity contribution in [3.05, 3.63) is 45.6 Å². The van der Waals surface area contributed by atoms with Gasteiger partial charge in [-0.3, -0.25) is 4.79 Å². The van der Waals surface area contributed by atoms with Crippen molar-refractivity contribution in [3.63, 3.8) is 0 Å². The Kier molecular flexibility index (Phi) is 4.53. The number of nitrogens with one attached hydrogen (secondary N) is 1. The number of thiophene rings is 1. The van der Waals surface area contributed by atoms with E-state index < -0.39 is 0 Å². The average molecular weight is 327 g/mol. The van der Waals surface area contributed by atoms with Crippen molar-refractivity contribution in [1.29, 1.82) is 0 Å². The number of aromatic nitrogens is 1. The van der Waals surface area contributed by atoms with Crippen LogP contribution in [0.25, 0.3) is 26.6 Å². The zero-order valence-corrected chi connectivity index (χ0v) is 14.5. The minimum absolute atomic E-state index is 0.0184. The number of methoxy groups -OCH3 is 1. The number of hydrogen-bond donors (Lipinski definition) is 1. The maximum absolute atomic E-state index is 12.2. The fraction of sp³-hybridized carbons (Fsp3) is 0.316. The lowest BCUT2D eigenvalue weighted by Gasteiger charge is -2.16. The second kappa shape index (κ2) is 6.59. The zero-order chi connectivity index (χ0) is 16.4. The van der Waals surface area contributed by atoms with Crippen LogP contribution >= 0.6 is 11.3 Å². The van der Waals surface area contributed by atoms with E-state index in [0.29, 0.717) is 0 Å². The van der Waals surface area contributed by atoms with E-state index in [0.717, 1.165) is 51.6 Å². The Hall–Kier alpha value is -2.07. The molecule has 3 aromatic rings. The van der Waals surface area contributed by atoms with Gasteiger partial charge in [0.05, 0.1) is 7.11 Å². The second-order valence-electron chi connectivity index (χ2n) is 5.57. The lowest BCUT2D eigenvalue weighted by atomic mass is 9.94. The van der Waals surface area contributed by atoms with E-state index in [4.69, 9.17) is 4.74 Å². The highest BCUT2D eigenvalue weighted by Crippen LogP contribution is 2.39. The Bertz CT molecular complexity index is 934. The molecule has 23 heavy (non-hydrogen) atoms. The third-order valence-electron chi connectivity index (χ3n) is 4.07. The van der Waals surface area contributed by atoms with Gasteiger partial charge in [-0.15, -0.1) is 11.3 Å². The van der Waals surface area contributed by atoms with Crippen LogP contribution in [0.15, 0.2) is 34.4 Å². The third-order valence-corrected chi connectivity index (χ3v) is 4.98. The van der Waals surface area contributed by atoms with Crippen molar-refractivity contribution in [1.82, 2.24) is 4.98 Å². The van der Waals surface area contributed by atoms with E-state index in [2.05, 4.69) is 24.9 Å². The number of hydrogen-bond acceptors (Lipinski definition) is 3. The van der Waals surface area contributed by atoms with Crippen molar-refractivity contribution >= 4 is 37.9 Å². The highest BCUT2D eigenvalue weighted by atomic mass is 32.1. The quantitative estimate of drug-likeness (QED) is 0.687. The molecule has 1 aromatic carbocycles. The molecule has 4 heteroatoms. The molecular weight excluding hydrogens is 306 g/mol. The zero-order valence-electron chi connectivity index (χ0n) is 13.7. The van der Waals surface area contributed by atoms with Crippen molar-refractivity contribution in [2.24, 2.45) is 0 Å². The predicted octanol–water partition coefficient (Wildman–Crippen LogP) is 5.34. The number of allylic oxidation sites excluding steroid dienone is 2. The molecule has 0 saturated heterocycles. The first kappa shape index (κ1) is 15.8. The molecule has 0 aliphatic heterocycles. The fourth-order valence-corrected chi connectivity index (χ4v) is 3.96. The van der Waals surface area contributed by atoms with Crippen LogP contribution in [-0.4, -0.2) is 12.1 Å². The van der Waals surface area contributed by atoms with Crippen molar-refractivity contribution < 1.29 is 4.74 Å². The largest absolute Gasteiger partial charge is 0.496 e. The maximum Gasteiger partial charge on any atom is 0.266 e. The number of ether oxygens (including phenoxy) is 1. The molecule has 0 amide bonds. The van der Waals surface area contributed by atoms with Gasteiger partial charge in [0.1, 0.15) is 10.4 Å². The Balaban J connectivity index is 2.48. The monoisotopic (exact) mass is 327 g/mol. The number of benzene rings is 1. The first-order chi connectivity index (χ1) is 11.2. The lowest BCUT2D eigenvalue weighted by molar-refractivity contribution is 0.414. The molecule has 0 radical (unpaired) electrons. The smallest absolute Gasteiger partial charge is 0.266 e. The summed E-state index contributed by atoms with van der Waals surface area (Å²) in [5.41, 5.74) is 3.26. The molecule has 0 fully saturated rings. The van der Waals surface area contributed by atoms with Gasteiger partial charge >= 0.3 is 0 Å². The Morgan fingerprint density at radius 3 is 2.83 bits per heavy atom. The van der Waals surface area contributed by atoms with Crippen molar-refractivity contribution in [3.8, 4) is 5.75 Å². The molecule has 0 saturated carbocycles. The lowest BCUT2D eigenvalue weighted by Crippen LogP contribution is -2.06. The summed E-state index contributed by atoms with van der Waals surface area (Å²) in [4.78, 5) is 15.3. The standard InChI is InChI=1S/C19H21NO2S/c1-4-6-12(7-5-2)16-15(22-3)9-8-14-17(16)13-10-11-23-18(13)19(21)20-14/h6,8-11H,4-5,7H2,1-3H3,(H,20,21). The minimum atomic E-state index is -0.0184. The van der Waals surface area contributed by atoms with Crippen LogP contribution in [-0.2, 0) is 0 Å². The molecule has 0 spiro atoms. The highest BCUT2D eigenvalue weighted by molar-refractivity contribution is 7.17. The molecule has 2 heterocycles. The van der Waals surface area contributed by atoms with Crippen molar-refractivity contribution in [2.45, 2.75) is 33.1 Å². The number of pyridine rings is 1. The summed E-state index contributed by atoms with van der Waals surface area (Å²) in [6.07, 6.45) is 5.31. The summed E-state index contributed by atoms with van der Waals surface area (Å²) in [6.45, 7) is 4.33. The molecule has 0 unspecified atom stereocenters. The van der Waals surface area contributed by atoms with Crippen LogP contribution in [0, 0.1) is 0 Å². The first-order valence-corrected chi connectivity index (χ1v) is 8.88. The molecule has 0 aliphatic carbocycles. The van der Waals surface area contributed by atoms with Crippen molar-refractivity contribution in [2.75, 3.05) is 7.11 Å². The molecule has 120 valence electrons. The Morgan fingerprint density at radius 2 is 2.13 bits per heavy atom. The van der Waals surface area contributed by atoms with E-state index in [-0.39, 0.29) is 5.56 Å². The molecular formula is C19H21NO2S. The van der Waals surface area contributed by atoms with E-state index in [1.807, 2.05) is 23.6 Å². The van der Waals surface area contributed by atoms with Gasteiger partial charge in [-0.05, 0) is 42.0 Å². The van der Waals surface area contributed by atoms with Gasteiger partial charge in [-0.1, -0.05) is 26.3 Å². The number of aromatic amines is 1. The Morgan fingerprint density at radius 1 is 1.30 bits per heavy atom. The molecule has 3 rings (SSSR count). The number of H-pyrrole nitrogens is 1. The topological polar surface area (TPSA) is 42.1 Å². The van der Waals surface area contributed by atoms with Gasteiger partial charge < -0.3 is 9.72 Å². The fourth-order valence-electron chi connectivity index (χ4n) is 3.16. The second-order valence-corrected chi connectivity index (χ2v) is 6.49. The third kappa shape index (κ3) is 2.68. The summed E-state index contributed by atoms with van der Waals surface area (Å²) in [5.74, 6) is 0.866. The highest BCUT2D eigenvalue weighted by Gasteiger charge is 2.17. The van der Waals surface area contributed by atoms with Crippen LogP contribution in [0.2, 0.25) is 0 Å². The van der Waals surface area contributed by atoms with Crippen LogP contribution in [0.3, 0.4) is 0 Å². The predicted molar refractivity (Wildman–Crippen MR) is 99.7 cm³/mol. The van der Waals surface area contributed by atoms with Crippen LogP contribution in [0.1, 0.15) is 38.7 Å². The van der Waals surface area contributed by atoms with Crippen LogP contribution in [0.5, 0.6) is 5.75 Å². The summed E-state index contributed by atoms with van der Waals surface area (Å²) in [7, 11) is 1.71. The van der Waals surface area contributed by atoms with E-state index in [1.54, 1.807) is 7.11 Å². The Labute approximate surface area is 139 Å². The van der Waals surface area contributed by atoms with Crippen LogP contribution in [0.4, 0.5) is 0 Å². The van der Waals surface area contributed by atoms with E-state index >= 15 is 0 Å². The molecule has 1 N–H and O–H groups in total. The first-order valence-electron chi connectivity index (χ1n) is 8.00. The average Bonchev–Trinajstić information content (AvgIpc) is 3.04. The maximum atomic E-state index is 12.2. The van der Waals surface area contributed by atoms with Gasteiger partial charge in [0, 0.05) is 21.9 Å². The summed E-state index contributed by atoms with van der Waals surface area (Å²) >= 11 is 1.49. The normalized spacial score (nSPS) is 12.2. The number of fused-ring (bicyclic) bond motifs is 3. The molecule has 3 nitrogen and oxygen atoms in total. The minimum Gasteiger partial charge on any atom is -0.496 e. The van der Waals surface area contributed by atoms with Gasteiger partial charge in [0.2, 0.25) is 0 Å². The van der Waals surface area contributed by atoms with Gasteiger partial charge in [-0.25, -0.2) is 0 Å². The summed E-state index contributed by atoms with van der Waals surface area (Å²) in [5, 5.41) is 4.08.